The molecule has 2 N–H and O–H groups in total. The fourth-order valence-corrected chi connectivity index (χ4v) is 0.295. The van der Waals surface area contributed by atoms with Crippen molar-refractivity contribution in [1.82, 2.24) is 0 Å². The SMILES string of the molecule is CCC/C=N\CN. The monoisotopic (exact) mass is 100 g/mol. The van der Waals surface area contributed by atoms with E-state index in [0.29, 0.717) is 6.67 Å². The summed E-state index contributed by atoms with van der Waals surface area (Å²) >= 11 is 0. The maximum atomic E-state index is 5.07. The summed E-state index contributed by atoms with van der Waals surface area (Å²) in [4.78, 5) is 3.81. The lowest BCUT2D eigenvalue weighted by atomic mass is 10.4. The van der Waals surface area contributed by atoms with Gasteiger partial charge in [0.2, 0.25) is 0 Å². The Morgan fingerprint density at radius 1 is 1.71 bits per heavy atom. The van der Waals surface area contributed by atoms with Gasteiger partial charge in [-0.1, -0.05) is 13.3 Å². The molecule has 0 heterocycles. The maximum absolute atomic E-state index is 5.07. The molecule has 0 saturated heterocycles. The van der Waals surface area contributed by atoms with Gasteiger partial charge in [-0.15, -0.1) is 0 Å². The van der Waals surface area contributed by atoms with Crippen LogP contribution in [0.2, 0.25) is 0 Å². The molecule has 0 aromatic carbocycles. The van der Waals surface area contributed by atoms with Crippen LogP contribution in [0.4, 0.5) is 0 Å². The summed E-state index contributed by atoms with van der Waals surface area (Å²) in [6.45, 7) is 2.54. The van der Waals surface area contributed by atoms with E-state index in [1.54, 1.807) is 0 Å². The van der Waals surface area contributed by atoms with Crippen molar-refractivity contribution in [2.45, 2.75) is 19.8 Å². The Bertz CT molecular complexity index is 50.0. The number of hydrogen-bond donors (Lipinski definition) is 1. The molecule has 0 spiro atoms. The van der Waals surface area contributed by atoms with Gasteiger partial charge in [0.15, 0.2) is 0 Å². The standard InChI is InChI=1S/C5H12N2/c1-2-3-4-7-5-6/h4H,2-3,5-6H2,1H3/b7-4-. The van der Waals surface area contributed by atoms with Gasteiger partial charge in [0.25, 0.3) is 0 Å². The third-order valence-electron chi connectivity index (χ3n) is 0.652. The van der Waals surface area contributed by atoms with E-state index in [-0.39, 0.29) is 0 Å². The van der Waals surface area contributed by atoms with Crippen molar-refractivity contribution in [2.75, 3.05) is 6.67 Å². The van der Waals surface area contributed by atoms with E-state index in [0.717, 1.165) is 12.8 Å². The van der Waals surface area contributed by atoms with Crippen LogP contribution in [0.25, 0.3) is 0 Å². The van der Waals surface area contributed by atoms with Crippen LogP contribution in [0, 0.1) is 0 Å². The first-order valence-corrected chi connectivity index (χ1v) is 2.60. The molecule has 0 saturated carbocycles. The normalized spacial score (nSPS) is 10.6. The minimum Gasteiger partial charge on any atom is -0.312 e. The highest BCUT2D eigenvalue weighted by molar-refractivity contribution is 5.56. The van der Waals surface area contributed by atoms with Gasteiger partial charge in [-0.05, 0) is 6.42 Å². The molecule has 0 atom stereocenters. The molecule has 0 aliphatic carbocycles. The van der Waals surface area contributed by atoms with Crippen molar-refractivity contribution in [3.8, 4) is 0 Å². The van der Waals surface area contributed by atoms with Crippen LogP contribution in [0.5, 0.6) is 0 Å². The van der Waals surface area contributed by atoms with Gasteiger partial charge < -0.3 is 5.73 Å². The topological polar surface area (TPSA) is 38.4 Å². The highest BCUT2D eigenvalue weighted by atomic mass is 14.8. The van der Waals surface area contributed by atoms with Crippen LogP contribution in [0.15, 0.2) is 4.99 Å². The minimum absolute atomic E-state index is 0.431. The summed E-state index contributed by atoms with van der Waals surface area (Å²) in [6.07, 6.45) is 4.07. The zero-order valence-corrected chi connectivity index (χ0v) is 4.72. The molecule has 0 bridgehead atoms. The van der Waals surface area contributed by atoms with Gasteiger partial charge in [-0.2, -0.15) is 0 Å². The van der Waals surface area contributed by atoms with E-state index in [1.165, 1.54) is 0 Å². The fourth-order valence-electron chi connectivity index (χ4n) is 0.295. The van der Waals surface area contributed by atoms with Crippen LogP contribution in [-0.2, 0) is 0 Å². The molecule has 7 heavy (non-hydrogen) atoms. The molecule has 2 nitrogen and oxygen atoms in total. The summed E-state index contributed by atoms with van der Waals surface area (Å²) in [5.41, 5.74) is 5.07. The Kier molecular flexibility index (Phi) is 5.33. The van der Waals surface area contributed by atoms with Crippen molar-refractivity contribution in [3.05, 3.63) is 0 Å². The first-order chi connectivity index (χ1) is 3.41. The minimum atomic E-state index is 0.431. The maximum Gasteiger partial charge on any atom is 0.0855 e. The molecule has 0 aromatic rings. The zero-order valence-electron chi connectivity index (χ0n) is 4.72. The van der Waals surface area contributed by atoms with Gasteiger partial charge in [0.05, 0.1) is 6.67 Å². The van der Waals surface area contributed by atoms with Crippen molar-refractivity contribution < 1.29 is 0 Å². The Hall–Kier alpha value is -0.370. The molecule has 42 valence electrons. The van der Waals surface area contributed by atoms with Crippen LogP contribution in [0.1, 0.15) is 19.8 Å². The zero-order chi connectivity index (χ0) is 5.54. The molecular formula is C5H12N2. The molecule has 0 fully saturated rings. The first-order valence-electron chi connectivity index (χ1n) is 2.60. The molecule has 2 heteroatoms. The molecule has 0 radical (unpaired) electrons. The predicted molar refractivity (Wildman–Crippen MR) is 32.5 cm³/mol. The number of hydrogen-bond acceptors (Lipinski definition) is 2. The molecule has 0 aliphatic rings. The Morgan fingerprint density at radius 2 is 2.43 bits per heavy atom. The van der Waals surface area contributed by atoms with Gasteiger partial charge in [-0.3, -0.25) is 4.99 Å². The van der Waals surface area contributed by atoms with E-state index in [2.05, 4.69) is 11.9 Å². The van der Waals surface area contributed by atoms with E-state index < -0.39 is 0 Å². The lowest BCUT2D eigenvalue weighted by molar-refractivity contribution is 0.987. The van der Waals surface area contributed by atoms with Gasteiger partial charge in [-0.25, -0.2) is 0 Å². The fraction of sp³-hybridized carbons (Fsp3) is 0.800. The summed E-state index contributed by atoms with van der Waals surface area (Å²) in [6, 6.07) is 0. The second kappa shape index (κ2) is 5.63. The third kappa shape index (κ3) is 5.63. The smallest absolute Gasteiger partial charge is 0.0855 e. The van der Waals surface area contributed by atoms with Crippen LogP contribution in [0.3, 0.4) is 0 Å². The number of rotatable bonds is 3. The summed E-state index contributed by atoms with van der Waals surface area (Å²) in [5.74, 6) is 0. The van der Waals surface area contributed by atoms with Crippen LogP contribution < -0.4 is 5.73 Å². The summed E-state index contributed by atoms with van der Waals surface area (Å²) in [5, 5.41) is 0. The van der Waals surface area contributed by atoms with E-state index in [4.69, 9.17) is 5.73 Å². The van der Waals surface area contributed by atoms with Gasteiger partial charge in [0.1, 0.15) is 0 Å². The van der Waals surface area contributed by atoms with Gasteiger partial charge >= 0.3 is 0 Å². The van der Waals surface area contributed by atoms with Crippen LogP contribution in [-0.4, -0.2) is 12.9 Å². The molecular weight excluding hydrogens is 88.1 g/mol. The Morgan fingerprint density at radius 3 is 2.86 bits per heavy atom. The van der Waals surface area contributed by atoms with E-state index in [9.17, 15) is 0 Å². The quantitative estimate of drug-likeness (QED) is 0.523. The molecule has 0 aliphatic heterocycles. The number of nitrogens with two attached hydrogens (primary N) is 1. The predicted octanol–water partition coefficient (Wildman–Crippen LogP) is 0.774. The summed E-state index contributed by atoms with van der Waals surface area (Å²) in [7, 11) is 0. The molecule has 0 rings (SSSR count). The van der Waals surface area contributed by atoms with Crippen molar-refractivity contribution >= 4 is 6.21 Å². The second-order valence-corrected chi connectivity index (χ2v) is 1.34. The average Bonchev–Trinajstić information content (AvgIpc) is 1.69. The van der Waals surface area contributed by atoms with Crippen molar-refractivity contribution in [2.24, 2.45) is 10.7 Å². The highest BCUT2D eigenvalue weighted by Crippen LogP contribution is 1.78. The summed E-state index contributed by atoms with van der Waals surface area (Å²) < 4.78 is 0. The van der Waals surface area contributed by atoms with Crippen molar-refractivity contribution in [3.63, 3.8) is 0 Å². The largest absolute Gasteiger partial charge is 0.312 e. The van der Waals surface area contributed by atoms with Crippen LogP contribution >= 0.6 is 0 Å². The third-order valence-corrected chi connectivity index (χ3v) is 0.652. The highest BCUT2D eigenvalue weighted by Gasteiger charge is 1.68. The number of nitrogens with zero attached hydrogens (tertiary/aromatic N) is 1. The Balaban J connectivity index is 2.78. The number of unbranched alkanes of at least 4 members (excludes halogenated alkanes) is 1. The Labute approximate surface area is 44.4 Å². The number of aliphatic imine (C=N–C) groups is 1. The lowest BCUT2D eigenvalue weighted by Gasteiger charge is -1.80. The first kappa shape index (κ1) is 6.63. The molecule has 0 aromatic heterocycles. The van der Waals surface area contributed by atoms with E-state index in [1.807, 2.05) is 6.21 Å². The van der Waals surface area contributed by atoms with E-state index >= 15 is 0 Å². The van der Waals surface area contributed by atoms with Crippen molar-refractivity contribution in [1.29, 1.82) is 0 Å². The average molecular weight is 100 g/mol. The van der Waals surface area contributed by atoms with Gasteiger partial charge in [0, 0.05) is 6.21 Å². The molecule has 0 unspecified atom stereocenters. The lowest BCUT2D eigenvalue weighted by Crippen LogP contribution is -1.93. The second-order valence-electron chi connectivity index (χ2n) is 1.34. The molecule has 0 amide bonds.